The summed E-state index contributed by atoms with van der Waals surface area (Å²) in [6.07, 6.45) is 4.14. The maximum atomic E-state index is 10.7. The molecule has 0 aromatic heterocycles. The van der Waals surface area contributed by atoms with Crippen LogP contribution >= 0.6 is 0 Å². The van der Waals surface area contributed by atoms with Gasteiger partial charge in [-0.05, 0) is 33.5 Å². The summed E-state index contributed by atoms with van der Waals surface area (Å²) in [5, 5.41) is 13.2. The molecule has 0 radical (unpaired) electrons. The van der Waals surface area contributed by atoms with Crippen LogP contribution in [0.5, 0.6) is 0 Å². The topological polar surface area (TPSA) is 80.1 Å². The molecule has 208 valence electrons. The highest BCUT2D eigenvalue weighted by Gasteiger charge is 2.49. The van der Waals surface area contributed by atoms with E-state index >= 15 is 0 Å². The van der Waals surface area contributed by atoms with Crippen molar-refractivity contribution in [3.8, 4) is 0 Å². The molecule has 0 aliphatic carbocycles. The number of nitrogens with zero attached hydrogens (tertiary/aromatic N) is 1. The quantitative estimate of drug-likeness (QED) is 0.0796. The smallest absolute Gasteiger partial charge is 0.269 e. The number of hydrogen-bond donors (Lipinski definition) is 0. The van der Waals surface area contributed by atoms with E-state index in [-0.39, 0.29) is 10.7 Å². The summed E-state index contributed by atoms with van der Waals surface area (Å²) in [5.74, 6) is 0. The molecule has 0 aliphatic heterocycles. The van der Waals surface area contributed by atoms with Gasteiger partial charge in [0.15, 0.2) is 0 Å². The molecule has 3 aromatic carbocycles. The summed E-state index contributed by atoms with van der Waals surface area (Å²) >= 11 is 0. The van der Waals surface area contributed by atoms with E-state index in [0.717, 1.165) is 5.56 Å². The number of hydrogen-bond acceptors (Lipinski definition) is 6. The Balaban J connectivity index is 1.34. The van der Waals surface area contributed by atoms with Gasteiger partial charge in [-0.1, -0.05) is 93.6 Å². The second-order valence-electron chi connectivity index (χ2n) is 10.1. The molecule has 0 spiro atoms. The number of non-ortho nitro benzene ring substituents is 1. The molecule has 3 rings (SSSR count). The first-order valence-electron chi connectivity index (χ1n) is 13.2. The molecular weight excluding hydrogens is 510 g/mol. The summed E-state index contributed by atoms with van der Waals surface area (Å²) in [4.78, 5) is 10.3. The Bertz CT molecular complexity index is 1110. The Labute approximate surface area is 232 Å². The van der Waals surface area contributed by atoms with Gasteiger partial charge in [-0.25, -0.2) is 0 Å². The first kappa shape index (κ1) is 30.2. The first-order valence-corrected chi connectivity index (χ1v) is 15.2. The van der Waals surface area contributed by atoms with Gasteiger partial charge < -0.3 is 18.6 Å². The Morgan fingerprint density at radius 3 is 1.77 bits per heavy atom. The zero-order valence-electron chi connectivity index (χ0n) is 23.1. The van der Waals surface area contributed by atoms with Crippen LogP contribution in [-0.4, -0.2) is 52.9 Å². The number of nitro groups is 1. The SMILES string of the molecule is CC(C)(C)[Si](OCCOCCOCCO/C=C\Cc1ccc([N+](=O)[O-])cc1)(c1ccccc1)c1ccccc1. The highest BCUT2D eigenvalue weighted by Crippen LogP contribution is 2.36. The van der Waals surface area contributed by atoms with E-state index in [0.29, 0.717) is 46.1 Å². The second kappa shape index (κ2) is 15.3. The zero-order chi connectivity index (χ0) is 28.0. The van der Waals surface area contributed by atoms with E-state index in [2.05, 4.69) is 69.3 Å². The lowest BCUT2D eigenvalue weighted by Crippen LogP contribution is -2.66. The molecule has 0 heterocycles. The van der Waals surface area contributed by atoms with Gasteiger partial charge in [-0.2, -0.15) is 0 Å². The van der Waals surface area contributed by atoms with Gasteiger partial charge in [0.25, 0.3) is 14.0 Å². The number of benzene rings is 3. The summed E-state index contributed by atoms with van der Waals surface area (Å²) < 4.78 is 23.7. The Kier molecular flexibility index (Phi) is 11.9. The van der Waals surface area contributed by atoms with Crippen LogP contribution in [0.1, 0.15) is 26.3 Å². The number of nitro benzene ring substituents is 1. The fourth-order valence-corrected chi connectivity index (χ4v) is 9.06. The molecular formula is C31H39NO6Si. The molecule has 0 fully saturated rings. The Morgan fingerprint density at radius 2 is 1.26 bits per heavy atom. The lowest BCUT2D eigenvalue weighted by atomic mass is 10.1. The molecule has 3 aromatic rings. The molecule has 0 bridgehead atoms. The van der Waals surface area contributed by atoms with E-state index in [1.54, 1.807) is 18.4 Å². The van der Waals surface area contributed by atoms with Gasteiger partial charge in [0.2, 0.25) is 0 Å². The standard InChI is InChI=1S/C31H39NO6Si/c1-31(2,3)39(29-12-6-4-7-13-29,30-14-8-5-9-15-30)38-26-25-37-24-23-36-22-21-35-20-10-11-27-16-18-28(19-17-27)32(33)34/h4-10,12-20H,11,21-26H2,1-3H3/b20-10-. The maximum absolute atomic E-state index is 10.7. The van der Waals surface area contributed by atoms with Gasteiger partial charge >= 0.3 is 0 Å². The average Bonchev–Trinajstić information content (AvgIpc) is 2.94. The van der Waals surface area contributed by atoms with Gasteiger partial charge in [-0.3, -0.25) is 10.1 Å². The molecule has 0 N–H and O–H groups in total. The predicted molar refractivity (Wildman–Crippen MR) is 157 cm³/mol. The predicted octanol–water partition coefficient (Wildman–Crippen LogP) is 5.28. The molecule has 8 heteroatoms. The van der Waals surface area contributed by atoms with Crippen molar-refractivity contribution in [2.24, 2.45) is 0 Å². The lowest BCUT2D eigenvalue weighted by molar-refractivity contribution is -0.384. The molecule has 0 aliphatic rings. The van der Waals surface area contributed by atoms with Gasteiger partial charge in [-0.15, -0.1) is 0 Å². The fourth-order valence-electron chi connectivity index (χ4n) is 4.52. The fraction of sp³-hybridized carbons (Fsp3) is 0.355. The minimum atomic E-state index is -2.54. The Morgan fingerprint density at radius 1 is 0.744 bits per heavy atom. The maximum Gasteiger partial charge on any atom is 0.269 e. The van der Waals surface area contributed by atoms with E-state index in [1.807, 2.05) is 18.2 Å². The molecule has 0 unspecified atom stereocenters. The minimum absolute atomic E-state index is 0.0604. The molecule has 7 nitrogen and oxygen atoms in total. The second-order valence-corrected chi connectivity index (χ2v) is 14.4. The van der Waals surface area contributed by atoms with Crippen LogP contribution in [0.15, 0.2) is 97.3 Å². The normalized spacial score (nSPS) is 12.1. The molecule has 39 heavy (non-hydrogen) atoms. The number of rotatable bonds is 16. The average molecular weight is 550 g/mol. The molecule has 0 saturated heterocycles. The molecule has 0 saturated carbocycles. The summed E-state index contributed by atoms with van der Waals surface area (Å²) in [6, 6.07) is 27.7. The van der Waals surface area contributed by atoms with E-state index in [1.165, 1.54) is 22.5 Å². The van der Waals surface area contributed by atoms with Gasteiger partial charge in [0, 0.05) is 12.1 Å². The van der Waals surface area contributed by atoms with Crippen LogP contribution in [0, 0.1) is 10.1 Å². The van der Waals surface area contributed by atoms with Crippen LogP contribution in [0.25, 0.3) is 0 Å². The number of allylic oxidation sites excluding steroid dienone is 1. The van der Waals surface area contributed by atoms with Crippen LogP contribution in [-0.2, 0) is 25.1 Å². The zero-order valence-corrected chi connectivity index (χ0v) is 24.1. The Hall–Kier alpha value is -3.30. The van der Waals surface area contributed by atoms with Crippen molar-refractivity contribution in [3.05, 3.63) is 113 Å². The van der Waals surface area contributed by atoms with Gasteiger partial charge in [0.05, 0.1) is 44.2 Å². The van der Waals surface area contributed by atoms with E-state index in [9.17, 15) is 10.1 Å². The third kappa shape index (κ3) is 8.86. The van der Waals surface area contributed by atoms with Crippen LogP contribution in [0.4, 0.5) is 5.69 Å². The monoisotopic (exact) mass is 549 g/mol. The van der Waals surface area contributed by atoms with Crippen LogP contribution < -0.4 is 10.4 Å². The highest BCUT2D eigenvalue weighted by atomic mass is 28.4. The third-order valence-electron chi connectivity index (χ3n) is 6.37. The van der Waals surface area contributed by atoms with Crippen molar-refractivity contribution < 1.29 is 23.6 Å². The van der Waals surface area contributed by atoms with Crippen molar-refractivity contribution >= 4 is 24.4 Å². The summed E-state index contributed by atoms with van der Waals surface area (Å²) in [6.45, 7) is 9.67. The van der Waals surface area contributed by atoms with Crippen molar-refractivity contribution in [3.63, 3.8) is 0 Å². The van der Waals surface area contributed by atoms with Crippen molar-refractivity contribution in [1.29, 1.82) is 0 Å². The van der Waals surface area contributed by atoms with Crippen molar-refractivity contribution in [2.75, 3.05) is 39.6 Å². The highest BCUT2D eigenvalue weighted by molar-refractivity contribution is 6.99. The largest absolute Gasteiger partial charge is 0.499 e. The van der Waals surface area contributed by atoms with Crippen LogP contribution in [0.2, 0.25) is 5.04 Å². The number of ether oxygens (including phenoxy) is 3. The lowest BCUT2D eigenvalue weighted by Gasteiger charge is -2.43. The minimum Gasteiger partial charge on any atom is -0.499 e. The van der Waals surface area contributed by atoms with Crippen molar-refractivity contribution in [2.45, 2.75) is 32.2 Å². The summed E-state index contributed by atoms with van der Waals surface area (Å²) in [5.41, 5.74) is 1.07. The molecule has 0 amide bonds. The summed E-state index contributed by atoms with van der Waals surface area (Å²) in [7, 11) is -2.54. The van der Waals surface area contributed by atoms with Gasteiger partial charge in [0.1, 0.15) is 6.61 Å². The molecule has 0 atom stereocenters. The van der Waals surface area contributed by atoms with E-state index in [4.69, 9.17) is 18.6 Å². The van der Waals surface area contributed by atoms with Crippen LogP contribution in [0.3, 0.4) is 0 Å². The first-order chi connectivity index (χ1) is 18.8. The third-order valence-corrected chi connectivity index (χ3v) is 11.4. The van der Waals surface area contributed by atoms with Crippen molar-refractivity contribution in [1.82, 2.24) is 0 Å². The van der Waals surface area contributed by atoms with E-state index < -0.39 is 13.2 Å².